The minimum Gasteiger partial charge on any atom is -0.359 e. The first-order valence-corrected chi connectivity index (χ1v) is 10.1. The van der Waals surface area contributed by atoms with Crippen molar-refractivity contribution in [1.29, 1.82) is 0 Å². The third kappa shape index (κ3) is 3.80. The summed E-state index contributed by atoms with van der Waals surface area (Å²) in [6.07, 6.45) is 1.81. The zero-order chi connectivity index (χ0) is 22.1. The van der Waals surface area contributed by atoms with Crippen LogP contribution in [0.5, 0.6) is 0 Å². The molecule has 31 heavy (non-hydrogen) atoms. The van der Waals surface area contributed by atoms with Crippen LogP contribution in [-0.4, -0.2) is 22.4 Å². The van der Waals surface area contributed by atoms with Crippen LogP contribution >= 0.6 is 0 Å². The van der Waals surface area contributed by atoms with Crippen molar-refractivity contribution >= 4 is 28.2 Å². The van der Waals surface area contributed by atoms with Crippen molar-refractivity contribution in [2.75, 3.05) is 11.4 Å². The molecule has 156 valence electrons. The number of para-hydroxylation sites is 1. The summed E-state index contributed by atoms with van der Waals surface area (Å²) in [5.41, 5.74) is 5.56. The molecular formula is C25H23N3O3. The van der Waals surface area contributed by atoms with Gasteiger partial charge in [0, 0.05) is 35.8 Å². The van der Waals surface area contributed by atoms with Crippen LogP contribution in [0.15, 0.2) is 66.9 Å². The number of nitro benzene ring substituents is 1. The number of nitrogens with one attached hydrogen (secondary N) is 1. The van der Waals surface area contributed by atoms with E-state index in [2.05, 4.69) is 11.1 Å². The van der Waals surface area contributed by atoms with Crippen LogP contribution in [0.3, 0.4) is 0 Å². The number of anilines is 1. The van der Waals surface area contributed by atoms with Crippen molar-refractivity contribution in [1.82, 2.24) is 4.98 Å². The molecule has 1 amide bonds. The Kier molecular flexibility index (Phi) is 5.29. The number of nitro groups is 1. The third-order valence-corrected chi connectivity index (χ3v) is 5.40. The van der Waals surface area contributed by atoms with Crippen LogP contribution in [0.25, 0.3) is 22.0 Å². The van der Waals surface area contributed by atoms with E-state index in [1.807, 2.05) is 57.2 Å². The summed E-state index contributed by atoms with van der Waals surface area (Å²) in [4.78, 5) is 29.6. The Labute approximate surface area is 180 Å². The number of H-pyrrole nitrogens is 1. The maximum Gasteiger partial charge on any atom is 0.270 e. The lowest BCUT2D eigenvalue weighted by molar-refractivity contribution is -0.384. The minimum atomic E-state index is -0.468. The fourth-order valence-corrected chi connectivity index (χ4v) is 4.05. The number of benzene rings is 3. The highest BCUT2D eigenvalue weighted by molar-refractivity contribution is 6.13. The Morgan fingerprint density at radius 2 is 1.74 bits per heavy atom. The molecule has 0 unspecified atom stereocenters. The Morgan fingerprint density at radius 1 is 1.03 bits per heavy atom. The average molecular weight is 413 g/mol. The second-order valence-electron chi connectivity index (χ2n) is 7.63. The fraction of sp³-hybridized carbons (Fsp3) is 0.160. The summed E-state index contributed by atoms with van der Waals surface area (Å²) in [5, 5.41) is 12.4. The lowest BCUT2D eigenvalue weighted by atomic mass is 9.95. The number of nitrogens with zero attached hydrogens (tertiary/aromatic N) is 2. The van der Waals surface area contributed by atoms with Gasteiger partial charge in [-0.1, -0.05) is 47.5 Å². The standard InChI is InChI=1S/C25H23N3O3/c1-4-27(24-15-26-23-8-6-5-7-21(23)24)25(29)22-14-19(28(30)31)9-10-20(22)18-12-16(2)11-17(3)13-18/h5-15,26H,4H2,1-3H3. The van der Waals surface area contributed by atoms with Crippen LogP contribution in [-0.2, 0) is 0 Å². The molecule has 6 nitrogen and oxygen atoms in total. The summed E-state index contributed by atoms with van der Waals surface area (Å²) in [5.74, 6) is -0.273. The van der Waals surface area contributed by atoms with Gasteiger partial charge in [-0.3, -0.25) is 14.9 Å². The molecule has 0 spiro atoms. The van der Waals surface area contributed by atoms with Crippen molar-refractivity contribution in [3.63, 3.8) is 0 Å². The second kappa shape index (κ2) is 8.07. The van der Waals surface area contributed by atoms with Gasteiger partial charge in [0.05, 0.1) is 16.2 Å². The number of aromatic amines is 1. The van der Waals surface area contributed by atoms with E-state index in [0.717, 1.165) is 33.3 Å². The molecular weight excluding hydrogens is 390 g/mol. The highest BCUT2D eigenvalue weighted by Crippen LogP contribution is 2.33. The molecule has 0 fully saturated rings. The number of hydrogen-bond donors (Lipinski definition) is 1. The molecule has 1 heterocycles. The average Bonchev–Trinajstić information content (AvgIpc) is 3.17. The molecule has 4 rings (SSSR count). The quantitative estimate of drug-likeness (QED) is 0.321. The van der Waals surface area contributed by atoms with Crippen molar-refractivity contribution in [3.8, 4) is 11.1 Å². The molecule has 3 aromatic carbocycles. The summed E-state index contributed by atoms with van der Waals surface area (Å²) in [6, 6.07) is 18.3. The van der Waals surface area contributed by atoms with Gasteiger partial charge in [-0.15, -0.1) is 0 Å². The number of aryl methyl sites for hydroxylation is 2. The molecule has 0 radical (unpaired) electrons. The SMILES string of the molecule is CCN(C(=O)c1cc([N+](=O)[O-])ccc1-c1cc(C)cc(C)c1)c1c[nH]c2ccccc12. The van der Waals surface area contributed by atoms with E-state index in [1.54, 1.807) is 17.2 Å². The first kappa shape index (κ1) is 20.3. The highest BCUT2D eigenvalue weighted by atomic mass is 16.6. The number of amides is 1. The Hall–Kier alpha value is -3.93. The topological polar surface area (TPSA) is 79.2 Å². The first-order chi connectivity index (χ1) is 14.9. The molecule has 0 aliphatic carbocycles. The maximum atomic E-state index is 13.7. The van der Waals surface area contributed by atoms with Crippen molar-refractivity contribution in [3.05, 3.63) is 93.7 Å². The van der Waals surface area contributed by atoms with E-state index in [-0.39, 0.29) is 11.6 Å². The number of fused-ring (bicyclic) bond motifs is 1. The molecule has 1 aromatic heterocycles. The van der Waals surface area contributed by atoms with Gasteiger partial charge in [-0.2, -0.15) is 0 Å². The van der Waals surface area contributed by atoms with Gasteiger partial charge in [-0.05, 0) is 44.0 Å². The summed E-state index contributed by atoms with van der Waals surface area (Å²) < 4.78 is 0. The Balaban J connectivity index is 1.89. The van der Waals surface area contributed by atoms with Gasteiger partial charge >= 0.3 is 0 Å². The predicted octanol–water partition coefficient (Wildman–Crippen LogP) is 6.03. The monoisotopic (exact) mass is 413 g/mol. The predicted molar refractivity (Wildman–Crippen MR) is 124 cm³/mol. The lowest BCUT2D eigenvalue weighted by Crippen LogP contribution is -2.31. The third-order valence-electron chi connectivity index (χ3n) is 5.40. The molecule has 0 saturated carbocycles. The molecule has 0 saturated heterocycles. The molecule has 6 heteroatoms. The number of non-ortho nitro benzene ring substituents is 1. The zero-order valence-electron chi connectivity index (χ0n) is 17.7. The van der Waals surface area contributed by atoms with Crippen LogP contribution in [0.1, 0.15) is 28.4 Å². The fourth-order valence-electron chi connectivity index (χ4n) is 4.05. The number of hydrogen-bond acceptors (Lipinski definition) is 3. The van der Waals surface area contributed by atoms with Gasteiger partial charge in [-0.25, -0.2) is 0 Å². The molecule has 4 aromatic rings. The van der Waals surface area contributed by atoms with Gasteiger partial charge < -0.3 is 9.88 Å². The van der Waals surface area contributed by atoms with E-state index in [4.69, 9.17) is 0 Å². The summed E-state index contributed by atoms with van der Waals surface area (Å²) in [6.45, 7) is 6.31. The van der Waals surface area contributed by atoms with E-state index in [1.165, 1.54) is 12.1 Å². The second-order valence-corrected chi connectivity index (χ2v) is 7.63. The largest absolute Gasteiger partial charge is 0.359 e. The number of rotatable bonds is 5. The summed E-state index contributed by atoms with van der Waals surface area (Å²) >= 11 is 0. The molecule has 0 bridgehead atoms. The van der Waals surface area contributed by atoms with Crippen LogP contribution in [0, 0.1) is 24.0 Å². The Morgan fingerprint density at radius 3 is 2.42 bits per heavy atom. The van der Waals surface area contributed by atoms with Gasteiger partial charge in [0.2, 0.25) is 0 Å². The number of aromatic nitrogens is 1. The van der Waals surface area contributed by atoms with E-state index in [9.17, 15) is 14.9 Å². The first-order valence-electron chi connectivity index (χ1n) is 10.1. The Bertz CT molecular complexity index is 1290. The van der Waals surface area contributed by atoms with Crippen LogP contribution in [0.4, 0.5) is 11.4 Å². The van der Waals surface area contributed by atoms with Crippen molar-refractivity contribution in [2.24, 2.45) is 0 Å². The normalized spacial score (nSPS) is 10.9. The van der Waals surface area contributed by atoms with Crippen molar-refractivity contribution in [2.45, 2.75) is 20.8 Å². The van der Waals surface area contributed by atoms with Gasteiger partial charge in [0.1, 0.15) is 0 Å². The van der Waals surface area contributed by atoms with E-state index in [0.29, 0.717) is 17.7 Å². The van der Waals surface area contributed by atoms with E-state index >= 15 is 0 Å². The lowest BCUT2D eigenvalue weighted by Gasteiger charge is -2.22. The molecule has 1 N–H and O–H groups in total. The van der Waals surface area contributed by atoms with Crippen molar-refractivity contribution < 1.29 is 9.72 Å². The smallest absolute Gasteiger partial charge is 0.270 e. The molecule has 0 atom stereocenters. The number of carbonyl (C=O) groups excluding carboxylic acids is 1. The minimum absolute atomic E-state index is 0.105. The zero-order valence-corrected chi connectivity index (χ0v) is 17.7. The van der Waals surface area contributed by atoms with Gasteiger partial charge in [0.15, 0.2) is 0 Å². The maximum absolute atomic E-state index is 13.7. The van der Waals surface area contributed by atoms with Crippen LogP contribution < -0.4 is 4.90 Å². The number of carbonyl (C=O) groups is 1. The van der Waals surface area contributed by atoms with Gasteiger partial charge in [0.25, 0.3) is 11.6 Å². The van der Waals surface area contributed by atoms with E-state index < -0.39 is 4.92 Å². The van der Waals surface area contributed by atoms with Crippen LogP contribution in [0.2, 0.25) is 0 Å². The highest BCUT2D eigenvalue weighted by Gasteiger charge is 2.24. The molecule has 0 aliphatic heterocycles. The molecule has 0 aliphatic rings. The summed E-state index contributed by atoms with van der Waals surface area (Å²) in [7, 11) is 0.